The molecule has 1 amide bonds. The molecule has 35 heavy (non-hydrogen) atoms. The minimum Gasteiger partial charge on any atom is -0.326 e. The summed E-state index contributed by atoms with van der Waals surface area (Å²) in [6.07, 6.45) is 5.84. The number of nitrogens with zero attached hydrogens (tertiary/aromatic N) is 2. The molecule has 172 valence electrons. The highest BCUT2D eigenvalue weighted by Gasteiger charge is 2.08. The molecule has 5 nitrogen and oxygen atoms in total. The number of nitrogens with one attached hydrogen (secondary N) is 2. The summed E-state index contributed by atoms with van der Waals surface area (Å²) >= 11 is 1.60. The van der Waals surface area contributed by atoms with Gasteiger partial charge in [0.1, 0.15) is 5.82 Å². The first-order valence-electron chi connectivity index (χ1n) is 11.0. The third kappa shape index (κ3) is 5.83. The Morgan fingerprint density at radius 2 is 1.80 bits per heavy atom. The molecule has 0 aliphatic rings. The zero-order valence-electron chi connectivity index (χ0n) is 18.6. The van der Waals surface area contributed by atoms with Crippen LogP contribution in [-0.2, 0) is 11.2 Å². The van der Waals surface area contributed by atoms with Gasteiger partial charge in [-0.3, -0.25) is 14.9 Å². The molecular weight excluding hydrogens is 459 g/mol. The summed E-state index contributed by atoms with van der Waals surface area (Å²) in [6, 6.07) is 25.6. The topological polar surface area (TPSA) is 70.7 Å². The molecule has 0 bridgehead atoms. The average molecular weight is 481 g/mol. The number of benzene rings is 3. The minimum atomic E-state index is -0.315. The normalized spacial score (nSPS) is 11.2. The van der Waals surface area contributed by atoms with Crippen molar-refractivity contribution in [3.63, 3.8) is 0 Å². The number of H-pyrrole nitrogens is 1. The van der Waals surface area contributed by atoms with E-state index in [1.54, 1.807) is 30.1 Å². The highest BCUT2D eigenvalue weighted by atomic mass is 32.2. The second-order valence-electron chi connectivity index (χ2n) is 7.89. The van der Waals surface area contributed by atoms with Gasteiger partial charge in [0.05, 0.1) is 23.3 Å². The average Bonchev–Trinajstić information content (AvgIpc) is 3.27. The largest absolute Gasteiger partial charge is 0.326 e. The first-order valence-corrected chi connectivity index (χ1v) is 11.8. The molecule has 0 aliphatic carbocycles. The van der Waals surface area contributed by atoms with Crippen LogP contribution in [0.5, 0.6) is 0 Å². The predicted octanol–water partition coefficient (Wildman–Crippen LogP) is 6.60. The Labute approximate surface area is 206 Å². The van der Waals surface area contributed by atoms with Gasteiger partial charge in [0.15, 0.2) is 0 Å². The van der Waals surface area contributed by atoms with E-state index in [-0.39, 0.29) is 18.1 Å². The van der Waals surface area contributed by atoms with Crippen LogP contribution in [0.3, 0.4) is 0 Å². The van der Waals surface area contributed by atoms with Gasteiger partial charge in [-0.25, -0.2) is 4.39 Å². The maximum atomic E-state index is 13.1. The van der Waals surface area contributed by atoms with E-state index in [0.717, 1.165) is 37.6 Å². The number of anilines is 1. The first kappa shape index (κ1) is 22.6. The molecule has 0 spiro atoms. The third-order valence-corrected chi connectivity index (χ3v) is 6.27. The fraction of sp³-hybridized carbons (Fsp3) is 0.0357. The molecule has 0 radical (unpaired) electrons. The zero-order valence-corrected chi connectivity index (χ0v) is 19.4. The van der Waals surface area contributed by atoms with Crippen LogP contribution in [0.1, 0.15) is 17.0 Å². The lowest BCUT2D eigenvalue weighted by atomic mass is 10.1. The van der Waals surface area contributed by atoms with E-state index in [4.69, 9.17) is 0 Å². The third-order valence-electron chi connectivity index (χ3n) is 5.29. The van der Waals surface area contributed by atoms with Gasteiger partial charge in [-0.2, -0.15) is 5.10 Å². The van der Waals surface area contributed by atoms with E-state index in [1.165, 1.54) is 12.1 Å². The van der Waals surface area contributed by atoms with Gasteiger partial charge in [0.25, 0.3) is 0 Å². The van der Waals surface area contributed by atoms with Gasteiger partial charge in [0.2, 0.25) is 5.91 Å². The number of hydrogen-bond acceptors (Lipinski definition) is 4. The summed E-state index contributed by atoms with van der Waals surface area (Å²) in [5.74, 6) is -0.465. The standard InChI is InChI=1S/C28H21FN4OS/c29-20-9-7-19(8-10-20)16-28(34)31-22-5-3-6-23(17-22)35-24-12-13-25-26(32-33-27(25)18-24)14-11-21-4-1-2-15-30-21/h1-15,17-18H,16H2,(H,31,34)(H,32,33)/b14-11+. The molecule has 2 N–H and O–H groups in total. The molecule has 0 aliphatic heterocycles. The van der Waals surface area contributed by atoms with Gasteiger partial charge in [-0.15, -0.1) is 0 Å². The second-order valence-corrected chi connectivity index (χ2v) is 9.03. The molecule has 5 aromatic rings. The SMILES string of the molecule is O=C(Cc1ccc(F)cc1)Nc1cccc(Sc2ccc3c(/C=C/c4ccccn4)n[nH]c3c2)c1. The van der Waals surface area contributed by atoms with Crippen molar-refractivity contribution >= 4 is 46.4 Å². The van der Waals surface area contributed by atoms with Crippen LogP contribution in [0.4, 0.5) is 10.1 Å². The number of hydrogen-bond donors (Lipinski definition) is 2. The Morgan fingerprint density at radius 1 is 0.943 bits per heavy atom. The van der Waals surface area contributed by atoms with Gasteiger partial charge >= 0.3 is 0 Å². The minimum absolute atomic E-state index is 0.149. The van der Waals surface area contributed by atoms with Gasteiger partial charge in [-0.05, 0) is 78.4 Å². The van der Waals surface area contributed by atoms with Gasteiger partial charge in [-0.1, -0.05) is 36.0 Å². The highest BCUT2D eigenvalue weighted by Crippen LogP contribution is 2.32. The van der Waals surface area contributed by atoms with E-state index in [1.807, 2.05) is 60.7 Å². The number of halogens is 1. The predicted molar refractivity (Wildman–Crippen MR) is 139 cm³/mol. The number of aromatic amines is 1. The highest BCUT2D eigenvalue weighted by molar-refractivity contribution is 7.99. The van der Waals surface area contributed by atoms with Crippen molar-refractivity contribution in [2.45, 2.75) is 16.2 Å². The number of amides is 1. The van der Waals surface area contributed by atoms with Crippen LogP contribution >= 0.6 is 11.8 Å². The molecule has 0 fully saturated rings. The van der Waals surface area contributed by atoms with Crippen molar-refractivity contribution in [1.29, 1.82) is 0 Å². The molecular formula is C28H21FN4OS. The van der Waals surface area contributed by atoms with Crippen molar-refractivity contribution in [3.05, 3.63) is 114 Å². The Kier molecular flexibility index (Phi) is 6.68. The van der Waals surface area contributed by atoms with Gasteiger partial charge < -0.3 is 5.32 Å². The number of carbonyl (C=O) groups is 1. The van der Waals surface area contributed by atoms with Crippen LogP contribution in [0.15, 0.2) is 101 Å². The maximum absolute atomic E-state index is 13.1. The monoisotopic (exact) mass is 480 g/mol. The quantitative estimate of drug-likeness (QED) is 0.275. The van der Waals surface area contributed by atoms with Crippen LogP contribution in [0, 0.1) is 5.82 Å². The number of pyridine rings is 1. The van der Waals surface area contributed by atoms with Crippen LogP contribution in [0.25, 0.3) is 23.1 Å². The Hall–Kier alpha value is -4.23. The summed E-state index contributed by atoms with van der Waals surface area (Å²) in [5, 5.41) is 11.5. The molecule has 0 unspecified atom stereocenters. The molecule has 0 saturated heterocycles. The summed E-state index contributed by atoms with van der Waals surface area (Å²) in [5.41, 5.74) is 4.15. The van der Waals surface area contributed by atoms with E-state index < -0.39 is 0 Å². The molecule has 3 aromatic carbocycles. The molecule has 0 atom stereocenters. The van der Waals surface area contributed by atoms with Crippen LogP contribution in [-0.4, -0.2) is 21.1 Å². The molecule has 2 aromatic heterocycles. The second kappa shape index (κ2) is 10.4. The maximum Gasteiger partial charge on any atom is 0.228 e. The summed E-state index contributed by atoms with van der Waals surface area (Å²) in [7, 11) is 0. The van der Waals surface area contributed by atoms with Crippen molar-refractivity contribution in [2.75, 3.05) is 5.32 Å². The fourth-order valence-electron chi connectivity index (χ4n) is 3.62. The van der Waals surface area contributed by atoms with Crippen molar-refractivity contribution in [2.24, 2.45) is 0 Å². The molecule has 2 heterocycles. The van der Waals surface area contributed by atoms with Crippen LogP contribution < -0.4 is 5.32 Å². The van der Waals surface area contributed by atoms with E-state index in [9.17, 15) is 9.18 Å². The van der Waals surface area contributed by atoms with E-state index >= 15 is 0 Å². The van der Waals surface area contributed by atoms with Gasteiger partial charge in [0, 0.05) is 27.1 Å². The molecule has 0 saturated carbocycles. The lowest BCUT2D eigenvalue weighted by Gasteiger charge is -2.08. The number of fused-ring (bicyclic) bond motifs is 1. The summed E-state index contributed by atoms with van der Waals surface area (Å²) < 4.78 is 13.1. The van der Waals surface area contributed by atoms with Crippen molar-refractivity contribution < 1.29 is 9.18 Å². The number of rotatable bonds is 7. The summed E-state index contributed by atoms with van der Waals surface area (Å²) in [6.45, 7) is 0. The molecule has 5 rings (SSSR count). The smallest absolute Gasteiger partial charge is 0.228 e. The lowest BCUT2D eigenvalue weighted by molar-refractivity contribution is -0.115. The van der Waals surface area contributed by atoms with Crippen LogP contribution in [0.2, 0.25) is 0 Å². The number of carbonyl (C=O) groups excluding carboxylic acids is 1. The lowest BCUT2D eigenvalue weighted by Crippen LogP contribution is -2.14. The van der Waals surface area contributed by atoms with Crippen molar-refractivity contribution in [1.82, 2.24) is 15.2 Å². The fourth-order valence-corrected chi connectivity index (χ4v) is 4.53. The van der Waals surface area contributed by atoms with Crippen molar-refractivity contribution in [3.8, 4) is 0 Å². The number of aromatic nitrogens is 3. The molecule has 7 heteroatoms. The summed E-state index contributed by atoms with van der Waals surface area (Å²) in [4.78, 5) is 18.7. The zero-order chi connectivity index (χ0) is 24.0. The Morgan fingerprint density at radius 3 is 2.63 bits per heavy atom. The van der Waals surface area contributed by atoms with E-state index in [2.05, 4.69) is 32.6 Å². The first-order chi connectivity index (χ1) is 17.1. The Bertz CT molecular complexity index is 1500. The Balaban J connectivity index is 1.26. The van der Waals surface area contributed by atoms with E-state index in [0.29, 0.717) is 5.69 Å².